The van der Waals surface area contributed by atoms with Crippen LogP contribution in [0.5, 0.6) is 0 Å². The Morgan fingerprint density at radius 1 is 1.38 bits per heavy atom. The number of benzene rings is 1. The van der Waals surface area contributed by atoms with Crippen LogP contribution in [0.1, 0.15) is 21.6 Å². The SMILES string of the molecule is Cc1c(C=O)cnn1Cc1ccc(F)cc1. The van der Waals surface area contributed by atoms with Crippen molar-refractivity contribution in [2.45, 2.75) is 13.5 Å². The van der Waals surface area contributed by atoms with Gasteiger partial charge in [0.2, 0.25) is 0 Å². The molecule has 1 aromatic carbocycles. The minimum atomic E-state index is -0.255. The summed E-state index contributed by atoms with van der Waals surface area (Å²) in [6.45, 7) is 2.38. The largest absolute Gasteiger partial charge is 0.298 e. The number of rotatable bonds is 3. The molecule has 1 heterocycles. The Morgan fingerprint density at radius 3 is 2.62 bits per heavy atom. The van der Waals surface area contributed by atoms with Crippen LogP contribution in [0.4, 0.5) is 4.39 Å². The lowest BCUT2D eigenvalue weighted by molar-refractivity contribution is 0.112. The fraction of sp³-hybridized carbons (Fsp3) is 0.167. The van der Waals surface area contributed by atoms with Gasteiger partial charge in [0.05, 0.1) is 18.3 Å². The molecule has 0 aliphatic heterocycles. The second-order valence-electron chi connectivity index (χ2n) is 3.59. The summed E-state index contributed by atoms with van der Waals surface area (Å²) in [4.78, 5) is 10.6. The van der Waals surface area contributed by atoms with Crippen molar-refractivity contribution in [3.8, 4) is 0 Å². The maximum absolute atomic E-state index is 12.7. The molecule has 0 bridgehead atoms. The monoisotopic (exact) mass is 218 g/mol. The summed E-state index contributed by atoms with van der Waals surface area (Å²) < 4.78 is 14.4. The lowest BCUT2D eigenvalue weighted by atomic mass is 10.2. The van der Waals surface area contributed by atoms with Crippen LogP contribution in [0, 0.1) is 12.7 Å². The average Bonchev–Trinajstić information content (AvgIpc) is 2.63. The zero-order valence-corrected chi connectivity index (χ0v) is 8.85. The van der Waals surface area contributed by atoms with E-state index >= 15 is 0 Å². The van der Waals surface area contributed by atoms with Crippen LogP contribution in [0.25, 0.3) is 0 Å². The van der Waals surface area contributed by atoms with E-state index in [0.29, 0.717) is 12.1 Å². The zero-order valence-electron chi connectivity index (χ0n) is 8.85. The molecule has 0 saturated carbocycles. The van der Waals surface area contributed by atoms with Crippen molar-refractivity contribution < 1.29 is 9.18 Å². The summed E-state index contributed by atoms with van der Waals surface area (Å²) in [6, 6.07) is 6.23. The van der Waals surface area contributed by atoms with Crippen LogP contribution in [0.3, 0.4) is 0 Å². The van der Waals surface area contributed by atoms with Crippen LogP contribution >= 0.6 is 0 Å². The number of carbonyl (C=O) groups excluding carboxylic acids is 1. The van der Waals surface area contributed by atoms with Crippen LogP contribution in [0.2, 0.25) is 0 Å². The molecular formula is C12H11FN2O. The summed E-state index contributed by atoms with van der Waals surface area (Å²) >= 11 is 0. The Balaban J connectivity index is 2.23. The van der Waals surface area contributed by atoms with Gasteiger partial charge in [-0.3, -0.25) is 9.48 Å². The molecule has 2 rings (SSSR count). The summed E-state index contributed by atoms with van der Waals surface area (Å²) in [7, 11) is 0. The molecule has 0 spiro atoms. The molecule has 2 aromatic rings. The topological polar surface area (TPSA) is 34.9 Å². The van der Waals surface area contributed by atoms with Crippen molar-refractivity contribution in [3.05, 3.63) is 53.1 Å². The van der Waals surface area contributed by atoms with Gasteiger partial charge in [-0.2, -0.15) is 5.10 Å². The second kappa shape index (κ2) is 4.26. The van der Waals surface area contributed by atoms with E-state index in [1.807, 2.05) is 6.92 Å². The zero-order chi connectivity index (χ0) is 11.5. The van der Waals surface area contributed by atoms with E-state index in [1.54, 1.807) is 16.8 Å². The standard InChI is InChI=1S/C12H11FN2O/c1-9-11(8-16)6-14-15(9)7-10-2-4-12(13)5-3-10/h2-6,8H,7H2,1H3. The van der Waals surface area contributed by atoms with E-state index in [0.717, 1.165) is 17.5 Å². The molecular weight excluding hydrogens is 207 g/mol. The molecule has 1 aromatic heterocycles. The Morgan fingerprint density at radius 2 is 2.06 bits per heavy atom. The summed E-state index contributed by atoms with van der Waals surface area (Å²) in [6.07, 6.45) is 2.31. The van der Waals surface area contributed by atoms with E-state index in [1.165, 1.54) is 18.3 Å². The third-order valence-electron chi connectivity index (χ3n) is 2.51. The first kappa shape index (κ1) is 10.5. The molecule has 0 aliphatic carbocycles. The van der Waals surface area contributed by atoms with Crippen molar-refractivity contribution in [1.29, 1.82) is 0 Å². The lowest BCUT2D eigenvalue weighted by Crippen LogP contribution is -2.04. The van der Waals surface area contributed by atoms with E-state index in [-0.39, 0.29) is 5.82 Å². The molecule has 16 heavy (non-hydrogen) atoms. The average molecular weight is 218 g/mol. The maximum atomic E-state index is 12.7. The number of halogens is 1. The second-order valence-corrected chi connectivity index (χ2v) is 3.59. The third kappa shape index (κ3) is 2.00. The van der Waals surface area contributed by atoms with Gasteiger partial charge in [-0.15, -0.1) is 0 Å². The van der Waals surface area contributed by atoms with Crippen molar-refractivity contribution in [2.24, 2.45) is 0 Å². The summed E-state index contributed by atoms with van der Waals surface area (Å²) in [5, 5.41) is 4.10. The number of carbonyl (C=O) groups is 1. The molecule has 0 unspecified atom stereocenters. The Hall–Kier alpha value is -1.97. The molecule has 3 nitrogen and oxygen atoms in total. The fourth-order valence-electron chi connectivity index (χ4n) is 1.50. The molecule has 0 aliphatic rings. The normalized spacial score (nSPS) is 10.4. The van der Waals surface area contributed by atoms with E-state index < -0.39 is 0 Å². The number of hydrogen-bond donors (Lipinski definition) is 0. The van der Waals surface area contributed by atoms with Crippen molar-refractivity contribution >= 4 is 6.29 Å². The van der Waals surface area contributed by atoms with Gasteiger partial charge in [0.25, 0.3) is 0 Å². The molecule has 82 valence electrons. The van der Waals surface area contributed by atoms with Crippen LogP contribution in [0.15, 0.2) is 30.5 Å². The third-order valence-corrected chi connectivity index (χ3v) is 2.51. The molecule has 0 fully saturated rings. The minimum absolute atomic E-state index is 0.255. The van der Waals surface area contributed by atoms with E-state index in [4.69, 9.17) is 0 Å². The van der Waals surface area contributed by atoms with Gasteiger partial charge in [-0.1, -0.05) is 12.1 Å². The predicted octanol–water partition coefficient (Wildman–Crippen LogP) is 2.19. The van der Waals surface area contributed by atoms with Gasteiger partial charge in [-0.25, -0.2) is 4.39 Å². The van der Waals surface area contributed by atoms with Crippen molar-refractivity contribution in [2.75, 3.05) is 0 Å². The Labute approximate surface area is 92.5 Å². The van der Waals surface area contributed by atoms with Gasteiger partial charge in [0.15, 0.2) is 6.29 Å². The highest BCUT2D eigenvalue weighted by Gasteiger charge is 2.05. The first-order valence-electron chi connectivity index (χ1n) is 4.92. The van der Waals surface area contributed by atoms with Crippen LogP contribution in [-0.2, 0) is 6.54 Å². The Bertz CT molecular complexity index is 502. The number of aldehydes is 1. The highest BCUT2D eigenvalue weighted by Crippen LogP contribution is 2.09. The van der Waals surface area contributed by atoms with E-state index in [9.17, 15) is 9.18 Å². The summed E-state index contributed by atoms with van der Waals surface area (Å²) in [5.41, 5.74) is 2.35. The quantitative estimate of drug-likeness (QED) is 0.740. The van der Waals surface area contributed by atoms with Gasteiger partial charge in [0.1, 0.15) is 5.82 Å². The van der Waals surface area contributed by atoms with Gasteiger partial charge >= 0.3 is 0 Å². The van der Waals surface area contributed by atoms with Gasteiger partial charge in [0, 0.05) is 5.69 Å². The summed E-state index contributed by atoms with van der Waals surface area (Å²) in [5.74, 6) is -0.255. The van der Waals surface area contributed by atoms with E-state index in [2.05, 4.69) is 5.10 Å². The van der Waals surface area contributed by atoms with Crippen molar-refractivity contribution in [1.82, 2.24) is 9.78 Å². The lowest BCUT2D eigenvalue weighted by Gasteiger charge is -2.04. The van der Waals surface area contributed by atoms with Crippen LogP contribution < -0.4 is 0 Å². The first-order valence-corrected chi connectivity index (χ1v) is 4.92. The highest BCUT2D eigenvalue weighted by atomic mass is 19.1. The molecule has 0 amide bonds. The number of hydrogen-bond acceptors (Lipinski definition) is 2. The molecule has 0 saturated heterocycles. The van der Waals surface area contributed by atoms with Crippen LogP contribution in [-0.4, -0.2) is 16.1 Å². The van der Waals surface area contributed by atoms with Gasteiger partial charge in [-0.05, 0) is 24.6 Å². The molecule has 0 radical (unpaired) electrons. The Kier molecular flexibility index (Phi) is 2.81. The fourth-order valence-corrected chi connectivity index (χ4v) is 1.50. The van der Waals surface area contributed by atoms with Crippen molar-refractivity contribution in [3.63, 3.8) is 0 Å². The highest BCUT2D eigenvalue weighted by molar-refractivity contribution is 5.75. The molecule has 4 heteroatoms. The minimum Gasteiger partial charge on any atom is -0.298 e. The van der Waals surface area contributed by atoms with Gasteiger partial charge < -0.3 is 0 Å². The molecule has 0 atom stereocenters. The predicted molar refractivity (Wildman–Crippen MR) is 57.9 cm³/mol. The smallest absolute Gasteiger partial charge is 0.153 e. The number of nitrogens with zero attached hydrogens (tertiary/aromatic N) is 2. The molecule has 0 N–H and O–H groups in total. The number of aromatic nitrogens is 2. The first-order chi connectivity index (χ1) is 7.70. The maximum Gasteiger partial charge on any atom is 0.153 e.